The van der Waals surface area contributed by atoms with Gasteiger partial charge in [-0.2, -0.15) is 0 Å². The van der Waals surface area contributed by atoms with Crippen LogP contribution in [-0.4, -0.2) is 32.0 Å². The minimum Gasteiger partial charge on any atom is -0.496 e. The summed E-state index contributed by atoms with van der Waals surface area (Å²) in [5.74, 6) is -0.715. The molecule has 0 fully saturated rings. The maximum absolute atomic E-state index is 12.7. The van der Waals surface area contributed by atoms with E-state index in [9.17, 15) is 14.4 Å². The second kappa shape index (κ2) is 9.71. The zero-order chi connectivity index (χ0) is 21.5. The zero-order valence-electron chi connectivity index (χ0n) is 16.4. The molecule has 7 nitrogen and oxygen atoms in total. The Morgan fingerprint density at radius 1 is 0.967 bits per heavy atom. The van der Waals surface area contributed by atoms with Crippen LogP contribution in [0.1, 0.15) is 36.0 Å². The molecule has 2 amide bonds. The first-order chi connectivity index (χ1) is 14.5. The highest BCUT2D eigenvalue weighted by atomic mass is 32.1. The molecule has 3 aromatic rings. The summed E-state index contributed by atoms with van der Waals surface area (Å²) >= 11 is 1.34. The smallest absolute Gasteiger partial charge is 0.337 e. The molecule has 154 valence electrons. The van der Waals surface area contributed by atoms with Crippen molar-refractivity contribution in [2.24, 2.45) is 0 Å². The number of nitrogens with one attached hydrogen (secondary N) is 2. The lowest BCUT2D eigenvalue weighted by Gasteiger charge is -2.12. The molecule has 1 aromatic heterocycles. The highest BCUT2D eigenvalue weighted by Crippen LogP contribution is 2.21. The minimum absolute atomic E-state index is 0.180. The molecule has 0 aliphatic rings. The van der Waals surface area contributed by atoms with Gasteiger partial charge in [-0.1, -0.05) is 18.2 Å². The summed E-state index contributed by atoms with van der Waals surface area (Å²) in [6.45, 7) is 0.180. The van der Waals surface area contributed by atoms with Gasteiger partial charge in [0.05, 0.1) is 30.2 Å². The van der Waals surface area contributed by atoms with E-state index in [1.54, 1.807) is 48.5 Å². The predicted molar refractivity (Wildman–Crippen MR) is 114 cm³/mol. The molecule has 0 radical (unpaired) electrons. The van der Waals surface area contributed by atoms with Crippen LogP contribution in [0.15, 0.2) is 60.0 Å². The van der Waals surface area contributed by atoms with E-state index >= 15 is 0 Å². The second-order valence-electron chi connectivity index (χ2n) is 6.22. The standard InChI is InChI=1S/C22H20N2O5S/c1-28-18-7-4-3-6-17(18)20(25)24-16-11-14(10-15(12-16)22(27)29-2)13-23-21(26)19-8-5-9-30-19/h3-12H,13H2,1-2H3,(H,23,26)(H,24,25). The Labute approximate surface area is 177 Å². The number of hydrogen-bond acceptors (Lipinski definition) is 6. The van der Waals surface area contributed by atoms with Crippen molar-refractivity contribution in [3.8, 4) is 5.75 Å². The second-order valence-corrected chi connectivity index (χ2v) is 7.17. The molecule has 30 heavy (non-hydrogen) atoms. The van der Waals surface area contributed by atoms with Crippen molar-refractivity contribution >= 4 is 34.8 Å². The molecular weight excluding hydrogens is 404 g/mol. The van der Waals surface area contributed by atoms with E-state index in [1.807, 2.05) is 5.38 Å². The molecule has 0 saturated carbocycles. The van der Waals surface area contributed by atoms with E-state index in [1.165, 1.54) is 31.6 Å². The number of carbonyl (C=O) groups excluding carboxylic acids is 3. The molecule has 2 N–H and O–H groups in total. The lowest BCUT2D eigenvalue weighted by atomic mass is 10.1. The molecule has 0 atom stereocenters. The summed E-state index contributed by atoms with van der Waals surface area (Å²) < 4.78 is 10.0. The van der Waals surface area contributed by atoms with Crippen molar-refractivity contribution in [2.75, 3.05) is 19.5 Å². The molecule has 0 saturated heterocycles. The third kappa shape index (κ3) is 5.03. The summed E-state index contributed by atoms with van der Waals surface area (Å²) in [6.07, 6.45) is 0. The van der Waals surface area contributed by atoms with Gasteiger partial charge in [-0.05, 0) is 47.3 Å². The van der Waals surface area contributed by atoms with Crippen molar-refractivity contribution < 1.29 is 23.9 Å². The van der Waals surface area contributed by atoms with E-state index in [-0.39, 0.29) is 23.9 Å². The number of esters is 1. The van der Waals surface area contributed by atoms with Crippen LogP contribution < -0.4 is 15.4 Å². The minimum atomic E-state index is -0.547. The maximum atomic E-state index is 12.7. The number of para-hydroxylation sites is 1. The van der Waals surface area contributed by atoms with Crippen LogP contribution in [0.4, 0.5) is 5.69 Å². The van der Waals surface area contributed by atoms with Gasteiger partial charge in [0.15, 0.2) is 0 Å². The Morgan fingerprint density at radius 2 is 1.77 bits per heavy atom. The highest BCUT2D eigenvalue weighted by Gasteiger charge is 2.15. The van der Waals surface area contributed by atoms with E-state index in [0.717, 1.165) is 0 Å². The van der Waals surface area contributed by atoms with Crippen molar-refractivity contribution in [1.82, 2.24) is 5.32 Å². The Morgan fingerprint density at radius 3 is 2.47 bits per heavy atom. The van der Waals surface area contributed by atoms with Crippen molar-refractivity contribution in [3.63, 3.8) is 0 Å². The molecular formula is C22H20N2O5S. The number of thiophene rings is 1. The van der Waals surface area contributed by atoms with Gasteiger partial charge in [-0.3, -0.25) is 9.59 Å². The molecule has 3 rings (SSSR count). The van der Waals surface area contributed by atoms with Gasteiger partial charge in [0.2, 0.25) is 0 Å². The van der Waals surface area contributed by atoms with Crippen LogP contribution in [0, 0.1) is 0 Å². The van der Waals surface area contributed by atoms with E-state index in [2.05, 4.69) is 10.6 Å². The molecule has 0 aliphatic heterocycles. The van der Waals surface area contributed by atoms with E-state index in [4.69, 9.17) is 9.47 Å². The number of anilines is 1. The Balaban J connectivity index is 1.82. The van der Waals surface area contributed by atoms with Gasteiger partial charge in [-0.25, -0.2) is 4.79 Å². The SMILES string of the molecule is COC(=O)c1cc(CNC(=O)c2cccs2)cc(NC(=O)c2ccccc2OC)c1. The van der Waals surface area contributed by atoms with Gasteiger partial charge in [0.25, 0.3) is 11.8 Å². The number of carbonyl (C=O) groups is 3. The molecule has 0 spiro atoms. The largest absolute Gasteiger partial charge is 0.496 e. The van der Waals surface area contributed by atoms with Gasteiger partial charge in [0.1, 0.15) is 5.75 Å². The van der Waals surface area contributed by atoms with E-state index < -0.39 is 5.97 Å². The molecule has 0 aliphatic carbocycles. The summed E-state index contributed by atoms with van der Waals surface area (Å²) in [6, 6.07) is 15.2. The van der Waals surface area contributed by atoms with Gasteiger partial charge in [-0.15, -0.1) is 11.3 Å². The van der Waals surface area contributed by atoms with Crippen molar-refractivity contribution in [2.45, 2.75) is 6.54 Å². The van der Waals surface area contributed by atoms with Crippen LogP contribution in [0.5, 0.6) is 5.75 Å². The van der Waals surface area contributed by atoms with Crippen LogP contribution >= 0.6 is 11.3 Å². The van der Waals surface area contributed by atoms with E-state index in [0.29, 0.717) is 27.4 Å². The fourth-order valence-corrected chi connectivity index (χ4v) is 3.45. The number of methoxy groups -OCH3 is 2. The van der Waals surface area contributed by atoms with Crippen LogP contribution in [0.25, 0.3) is 0 Å². The third-order valence-corrected chi connectivity index (χ3v) is 5.09. The van der Waals surface area contributed by atoms with Crippen LogP contribution in [0.3, 0.4) is 0 Å². The average Bonchev–Trinajstić information content (AvgIpc) is 3.31. The topological polar surface area (TPSA) is 93.7 Å². The fraction of sp³-hybridized carbons (Fsp3) is 0.136. The van der Waals surface area contributed by atoms with Gasteiger partial charge < -0.3 is 20.1 Å². The molecule has 2 aromatic carbocycles. The Bertz CT molecular complexity index is 1060. The number of hydrogen-bond donors (Lipinski definition) is 2. The lowest BCUT2D eigenvalue weighted by Crippen LogP contribution is -2.22. The summed E-state index contributed by atoms with van der Waals surface area (Å²) in [5.41, 5.74) is 1.65. The normalized spacial score (nSPS) is 10.2. The highest BCUT2D eigenvalue weighted by molar-refractivity contribution is 7.12. The predicted octanol–water partition coefficient (Wildman–Crippen LogP) is 3.73. The number of amides is 2. The quantitative estimate of drug-likeness (QED) is 0.564. The van der Waals surface area contributed by atoms with Crippen molar-refractivity contribution in [1.29, 1.82) is 0 Å². The lowest BCUT2D eigenvalue weighted by molar-refractivity contribution is 0.0600. The summed E-state index contributed by atoms with van der Waals surface area (Å²) in [5, 5.41) is 7.39. The average molecular weight is 424 g/mol. The first-order valence-electron chi connectivity index (χ1n) is 9.00. The first-order valence-corrected chi connectivity index (χ1v) is 9.88. The zero-order valence-corrected chi connectivity index (χ0v) is 17.2. The number of benzene rings is 2. The van der Waals surface area contributed by atoms with Crippen molar-refractivity contribution in [3.05, 3.63) is 81.5 Å². The number of ether oxygens (including phenoxy) is 2. The van der Waals surface area contributed by atoms with Gasteiger partial charge in [0, 0.05) is 12.2 Å². The fourth-order valence-electron chi connectivity index (χ4n) is 2.81. The number of rotatable bonds is 7. The third-order valence-electron chi connectivity index (χ3n) is 4.22. The molecule has 0 bridgehead atoms. The molecule has 0 unspecified atom stereocenters. The van der Waals surface area contributed by atoms with Gasteiger partial charge >= 0.3 is 5.97 Å². The summed E-state index contributed by atoms with van der Waals surface area (Å²) in [4.78, 5) is 37.5. The van der Waals surface area contributed by atoms with Crippen LogP contribution in [-0.2, 0) is 11.3 Å². The first kappa shape index (κ1) is 21.1. The van der Waals surface area contributed by atoms with Crippen LogP contribution in [0.2, 0.25) is 0 Å². The summed E-state index contributed by atoms with van der Waals surface area (Å²) in [7, 11) is 2.76. The monoisotopic (exact) mass is 424 g/mol. The Kier molecular flexibility index (Phi) is 6.82. The Hall–Kier alpha value is -3.65. The molecule has 8 heteroatoms. The maximum Gasteiger partial charge on any atom is 0.337 e. The molecule has 1 heterocycles.